The van der Waals surface area contributed by atoms with Crippen molar-refractivity contribution in [1.29, 1.82) is 0 Å². The molecule has 0 unspecified atom stereocenters. The molecule has 5 nitrogen and oxygen atoms in total. The van der Waals surface area contributed by atoms with Gasteiger partial charge in [-0.05, 0) is 17.7 Å². The van der Waals surface area contributed by atoms with Crippen LogP contribution in [-0.4, -0.2) is 24.2 Å². The number of nitrogens with one attached hydrogen (secondary N) is 1. The number of ketones is 1. The Morgan fingerprint density at radius 2 is 1.43 bits per heavy atom. The van der Waals surface area contributed by atoms with E-state index in [0.29, 0.717) is 16.1 Å². The van der Waals surface area contributed by atoms with Gasteiger partial charge in [0.05, 0.1) is 6.42 Å². The molecule has 0 heterocycles. The lowest BCUT2D eigenvalue weighted by Gasteiger charge is -2.18. The van der Waals surface area contributed by atoms with Gasteiger partial charge >= 0.3 is 5.97 Å². The first-order valence-electron chi connectivity index (χ1n) is 9.38. The Morgan fingerprint density at radius 1 is 0.833 bits per heavy atom. The second-order valence-corrected chi connectivity index (χ2v) is 7.03. The SMILES string of the molecule is O=C(Cc1ccccc1)NCC(=O)O[C@@H](C(=O)c1ccccc1)c1ccc(Cl)cc1. The van der Waals surface area contributed by atoms with Gasteiger partial charge in [-0.25, -0.2) is 0 Å². The van der Waals surface area contributed by atoms with Crippen molar-refractivity contribution in [2.24, 2.45) is 0 Å². The summed E-state index contributed by atoms with van der Waals surface area (Å²) in [5.74, 6) is -1.38. The molecule has 30 heavy (non-hydrogen) atoms. The summed E-state index contributed by atoms with van der Waals surface area (Å²) in [4.78, 5) is 37.4. The minimum Gasteiger partial charge on any atom is -0.448 e. The number of hydrogen-bond donors (Lipinski definition) is 1. The van der Waals surface area contributed by atoms with Crippen LogP contribution < -0.4 is 5.32 Å². The average Bonchev–Trinajstić information content (AvgIpc) is 2.77. The first kappa shape index (κ1) is 21.3. The second-order valence-electron chi connectivity index (χ2n) is 6.59. The molecule has 6 heteroatoms. The van der Waals surface area contributed by atoms with Crippen molar-refractivity contribution in [2.45, 2.75) is 12.5 Å². The van der Waals surface area contributed by atoms with Crippen LogP contribution in [0.15, 0.2) is 84.9 Å². The quantitative estimate of drug-likeness (QED) is 0.437. The molecule has 0 bridgehead atoms. The summed E-state index contributed by atoms with van der Waals surface area (Å²) in [5.41, 5.74) is 1.75. The number of ether oxygens (including phenoxy) is 1. The molecule has 1 amide bonds. The number of carbonyl (C=O) groups is 3. The summed E-state index contributed by atoms with van der Waals surface area (Å²) in [6.45, 7) is -0.335. The third kappa shape index (κ3) is 6.03. The number of hydrogen-bond acceptors (Lipinski definition) is 4. The number of esters is 1. The molecule has 0 saturated heterocycles. The van der Waals surface area contributed by atoms with Crippen molar-refractivity contribution < 1.29 is 19.1 Å². The molecule has 1 N–H and O–H groups in total. The van der Waals surface area contributed by atoms with E-state index in [-0.39, 0.29) is 24.7 Å². The Kier molecular flexibility index (Phi) is 7.35. The van der Waals surface area contributed by atoms with Crippen molar-refractivity contribution in [2.75, 3.05) is 6.54 Å². The lowest BCUT2D eigenvalue weighted by molar-refractivity contribution is -0.147. The largest absolute Gasteiger partial charge is 0.448 e. The molecule has 152 valence electrons. The molecule has 0 aliphatic carbocycles. The minimum absolute atomic E-state index is 0.150. The van der Waals surface area contributed by atoms with E-state index in [1.165, 1.54) is 0 Å². The lowest BCUT2D eigenvalue weighted by atomic mass is 10.00. The standard InChI is InChI=1S/C24H20ClNO4/c25-20-13-11-19(12-14-20)24(23(29)18-9-5-2-6-10-18)30-22(28)16-26-21(27)15-17-7-3-1-4-8-17/h1-14,24H,15-16H2,(H,26,27)/t24-/m1/s1. The fourth-order valence-corrected chi connectivity index (χ4v) is 2.98. The van der Waals surface area contributed by atoms with Crippen LogP contribution in [0, 0.1) is 0 Å². The van der Waals surface area contributed by atoms with E-state index >= 15 is 0 Å². The van der Waals surface area contributed by atoms with E-state index < -0.39 is 12.1 Å². The van der Waals surface area contributed by atoms with Crippen LogP contribution in [-0.2, 0) is 20.7 Å². The highest BCUT2D eigenvalue weighted by Crippen LogP contribution is 2.24. The van der Waals surface area contributed by atoms with Crippen LogP contribution in [0.4, 0.5) is 0 Å². The van der Waals surface area contributed by atoms with Gasteiger partial charge in [-0.3, -0.25) is 14.4 Å². The van der Waals surface area contributed by atoms with E-state index in [0.717, 1.165) is 5.56 Å². The van der Waals surface area contributed by atoms with E-state index in [1.807, 2.05) is 30.3 Å². The molecule has 0 radical (unpaired) electrons. The van der Waals surface area contributed by atoms with Gasteiger partial charge in [-0.1, -0.05) is 84.4 Å². The second kappa shape index (κ2) is 10.4. The van der Waals surface area contributed by atoms with Crippen LogP contribution in [0.1, 0.15) is 27.6 Å². The minimum atomic E-state index is -1.14. The normalized spacial score (nSPS) is 11.4. The molecule has 3 aromatic carbocycles. The highest BCUT2D eigenvalue weighted by Gasteiger charge is 2.26. The molecule has 3 rings (SSSR count). The highest BCUT2D eigenvalue weighted by molar-refractivity contribution is 6.30. The van der Waals surface area contributed by atoms with E-state index in [4.69, 9.17) is 16.3 Å². The molecule has 0 saturated carbocycles. The zero-order valence-electron chi connectivity index (χ0n) is 16.1. The van der Waals surface area contributed by atoms with Gasteiger partial charge in [0.2, 0.25) is 11.7 Å². The Labute approximate surface area is 179 Å². The summed E-state index contributed by atoms with van der Waals surface area (Å²) in [6, 6.07) is 24.3. The number of halogens is 1. The Hall–Kier alpha value is -3.44. The molecular weight excluding hydrogens is 402 g/mol. The van der Waals surface area contributed by atoms with Crippen molar-refractivity contribution >= 4 is 29.3 Å². The predicted molar refractivity (Wildman–Crippen MR) is 114 cm³/mol. The summed E-state index contributed by atoms with van der Waals surface area (Å²) in [6.07, 6.45) is -0.985. The van der Waals surface area contributed by atoms with Gasteiger partial charge < -0.3 is 10.1 Å². The van der Waals surface area contributed by atoms with Gasteiger partial charge in [0, 0.05) is 16.1 Å². The van der Waals surface area contributed by atoms with Gasteiger partial charge in [0.15, 0.2) is 6.10 Å². The predicted octanol–water partition coefficient (Wildman–Crippen LogP) is 4.17. The Bertz CT molecular complexity index is 1000. The maximum absolute atomic E-state index is 12.9. The fourth-order valence-electron chi connectivity index (χ4n) is 2.85. The number of Topliss-reactive ketones (excluding diaryl/α,β-unsaturated/α-hetero) is 1. The molecule has 0 aliphatic rings. The third-order valence-corrected chi connectivity index (χ3v) is 4.61. The van der Waals surface area contributed by atoms with E-state index in [9.17, 15) is 14.4 Å². The Morgan fingerprint density at radius 3 is 2.07 bits per heavy atom. The first-order chi connectivity index (χ1) is 14.5. The maximum atomic E-state index is 12.9. The summed E-state index contributed by atoms with van der Waals surface area (Å²) < 4.78 is 5.45. The fraction of sp³-hybridized carbons (Fsp3) is 0.125. The summed E-state index contributed by atoms with van der Waals surface area (Å²) in [7, 11) is 0. The van der Waals surface area contributed by atoms with Gasteiger partial charge in [-0.2, -0.15) is 0 Å². The monoisotopic (exact) mass is 421 g/mol. The topological polar surface area (TPSA) is 72.5 Å². The van der Waals surface area contributed by atoms with E-state index in [1.54, 1.807) is 54.6 Å². The van der Waals surface area contributed by atoms with Crippen molar-refractivity contribution in [3.8, 4) is 0 Å². The van der Waals surface area contributed by atoms with Crippen LogP contribution in [0.3, 0.4) is 0 Å². The molecular formula is C24H20ClNO4. The Balaban J connectivity index is 1.66. The van der Waals surface area contributed by atoms with Crippen LogP contribution in [0.2, 0.25) is 5.02 Å². The molecule has 0 aliphatic heterocycles. The van der Waals surface area contributed by atoms with Crippen LogP contribution >= 0.6 is 11.6 Å². The molecule has 3 aromatic rings. The van der Waals surface area contributed by atoms with E-state index in [2.05, 4.69) is 5.32 Å². The molecule has 1 atom stereocenters. The maximum Gasteiger partial charge on any atom is 0.326 e. The smallest absolute Gasteiger partial charge is 0.326 e. The zero-order valence-corrected chi connectivity index (χ0v) is 16.8. The number of benzene rings is 3. The van der Waals surface area contributed by atoms with Gasteiger partial charge in [0.25, 0.3) is 0 Å². The lowest BCUT2D eigenvalue weighted by Crippen LogP contribution is -2.33. The van der Waals surface area contributed by atoms with Crippen molar-refractivity contribution in [3.05, 3.63) is 107 Å². The zero-order chi connectivity index (χ0) is 21.3. The summed E-state index contributed by atoms with van der Waals surface area (Å²) in [5, 5.41) is 3.03. The van der Waals surface area contributed by atoms with Crippen LogP contribution in [0.25, 0.3) is 0 Å². The van der Waals surface area contributed by atoms with Crippen molar-refractivity contribution in [1.82, 2.24) is 5.32 Å². The highest BCUT2D eigenvalue weighted by atomic mass is 35.5. The molecule has 0 spiro atoms. The van der Waals surface area contributed by atoms with Gasteiger partial charge in [-0.15, -0.1) is 0 Å². The van der Waals surface area contributed by atoms with Crippen LogP contribution in [0.5, 0.6) is 0 Å². The third-order valence-electron chi connectivity index (χ3n) is 4.36. The van der Waals surface area contributed by atoms with Gasteiger partial charge in [0.1, 0.15) is 6.54 Å². The van der Waals surface area contributed by atoms with Crippen molar-refractivity contribution in [3.63, 3.8) is 0 Å². The summed E-state index contributed by atoms with van der Waals surface area (Å²) >= 11 is 5.93. The first-order valence-corrected chi connectivity index (χ1v) is 9.75. The average molecular weight is 422 g/mol. The molecule has 0 fully saturated rings. The molecule has 0 aromatic heterocycles. The number of rotatable bonds is 8. The number of carbonyl (C=O) groups excluding carboxylic acids is 3. The number of amides is 1.